The van der Waals surface area contributed by atoms with E-state index in [-0.39, 0.29) is 5.41 Å². The Morgan fingerprint density at radius 1 is 0.536 bits per heavy atom. The van der Waals surface area contributed by atoms with Gasteiger partial charge >= 0.3 is 0 Å². The summed E-state index contributed by atoms with van der Waals surface area (Å²) in [6.07, 6.45) is 0. The van der Waals surface area contributed by atoms with Gasteiger partial charge in [0.05, 0.1) is 5.41 Å². The van der Waals surface area contributed by atoms with Crippen molar-refractivity contribution in [3.63, 3.8) is 0 Å². The van der Waals surface area contributed by atoms with Crippen molar-refractivity contribution in [1.82, 2.24) is 0 Å². The molecule has 0 fully saturated rings. The van der Waals surface area contributed by atoms with Crippen LogP contribution in [-0.4, -0.2) is 0 Å². The minimum absolute atomic E-state index is 0.319. The second kappa shape index (κ2) is 6.18. The fraction of sp³-hybridized carbons (Fsp3) is 0.0400. The minimum atomic E-state index is -0.319. The molecule has 0 aromatic heterocycles. The van der Waals surface area contributed by atoms with Crippen molar-refractivity contribution in [3.8, 4) is 0 Å². The van der Waals surface area contributed by atoms with Crippen molar-refractivity contribution in [2.45, 2.75) is 25.0 Å². The summed E-state index contributed by atoms with van der Waals surface area (Å²) in [7, 11) is 0. The number of hydrogen-bond acceptors (Lipinski definition) is 2. The summed E-state index contributed by atoms with van der Waals surface area (Å²) in [5.41, 5.74) is 5.07. The zero-order chi connectivity index (χ0) is 18.7. The third kappa shape index (κ3) is 2.17. The summed E-state index contributed by atoms with van der Waals surface area (Å²) in [5.74, 6) is 0. The summed E-state index contributed by atoms with van der Waals surface area (Å²) in [4.78, 5) is 5.33. The predicted molar refractivity (Wildman–Crippen MR) is 118 cm³/mol. The second-order valence-corrected chi connectivity index (χ2v) is 9.69. The molecule has 134 valence electrons. The van der Waals surface area contributed by atoms with Gasteiger partial charge in [0, 0.05) is 24.6 Å². The van der Waals surface area contributed by atoms with E-state index in [4.69, 9.17) is 11.6 Å². The van der Waals surface area contributed by atoms with Crippen LogP contribution in [0.3, 0.4) is 0 Å². The zero-order valence-corrected chi connectivity index (χ0v) is 17.2. The fourth-order valence-electron chi connectivity index (χ4n) is 4.59. The lowest BCUT2D eigenvalue weighted by Gasteiger charge is -2.45. The summed E-state index contributed by atoms with van der Waals surface area (Å²) in [6.45, 7) is 0. The van der Waals surface area contributed by atoms with Crippen molar-refractivity contribution in [2.75, 3.05) is 0 Å². The smallest absolute Gasteiger partial charge is 0.0745 e. The second-order valence-electron chi connectivity index (χ2n) is 7.08. The number of halogens is 1. The maximum atomic E-state index is 6.28. The first-order valence-electron chi connectivity index (χ1n) is 9.23. The summed E-state index contributed by atoms with van der Waals surface area (Å²) in [5, 5.41) is 0.769. The van der Waals surface area contributed by atoms with E-state index in [1.807, 2.05) is 35.7 Å². The van der Waals surface area contributed by atoms with Gasteiger partial charge in [-0.15, -0.1) is 0 Å². The highest BCUT2D eigenvalue weighted by Gasteiger charge is 2.48. The minimum Gasteiger partial charge on any atom is -0.0894 e. The van der Waals surface area contributed by atoms with Gasteiger partial charge in [0.1, 0.15) is 0 Å². The predicted octanol–water partition coefficient (Wildman–Crippen LogP) is 7.65. The quantitative estimate of drug-likeness (QED) is 0.271. The van der Waals surface area contributed by atoms with Gasteiger partial charge in [-0.1, -0.05) is 89.7 Å². The molecule has 0 saturated heterocycles. The van der Waals surface area contributed by atoms with Crippen molar-refractivity contribution >= 4 is 35.1 Å². The molecule has 28 heavy (non-hydrogen) atoms. The van der Waals surface area contributed by atoms with Crippen LogP contribution >= 0.6 is 35.1 Å². The first-order valence-corrected chi connectivity index (χ1v) is 11.2. The van der Waals surface area contributed by atoms with Gasteiger partial charge in [-0.05, 0) is 58.7 Å². The molecular weight excluding hydrogens is 400 g/mol. The van der Waals surface area contributed by atoms with Crippen molar-refractivity contribution in [1.29, 1.82) is 0 Å². The molecule has 4 aromatic rings. The topological polar surface area (TPSA) is 0 Å². The van der Waals surface area contributed by atoms with Crippen LogP contribution in [0.15, 0.2) is 111 Å². The zero-order valence-electron chi connectivity index (χ0n) is 14.9. The highest BCUT2D eigenvalue weighted by molar-refractivity contribution is 8.00. The molecule has 0 nitrogen and oxygen atoms in total. The van der Waals surface area contributed by atoms with E-state index in [1.165, 1.54) is 41.8 Å². The summed E-state index contributed by atoms with van der Waals surface area (Å²) >= 11 is 10.0. The maximum Gasteiger partial charge on any atom is 0.0745 e. The monoisotopic (exact) mass is 414 g/mol. The van der Waals surface area contributed by atoms with E-state index >= 15 is 0 Å². The van der Waals surface area contributed by atoms with Crippen LogP contribution in [0, 0.1) is 0 Å². The molecule has 0 radical (unpaired) electrons. The molecule has 0 amide bonds. The molecule has 4 aromatic carbocycles. The van der Waals surface area contributed by atoms with E-state index in [9.17, 15) is 0 Å². The van der Waals surface area contributed by atoms with E-state index in [0.717, 1.165) is 5.02 Å². The van der Waals surface area contributed by atoms with Crippen LogP contribution in [0.25, 0.3) is 0 Å². The lowest BCUT2D eigenvalue weighted by Crippen LogP contribution is -2.36. The lowest BCUT2D eigenvalue weighted by atomic mass is 9.64. The molecule has 0 bridgehead atoms. The van der Waals surface area contributed by atoms with Crippen LogP contribution in [0.1, 0.15) is 22.3 Å². The third-order valence-corrected chi connectivity index (χ3v) is 8.19. The van der Waals surface area contributed by atoms with Crippen LogP contribution in [0.5, 0.6) is 0 Å². The molecule has 0 aliphatic carbocycles. The van der Waals surface area contributed by atoms with Crippen LogP contribution in [0.2, 0.25) is 5.02 Å². The average molecular weight is 415 g/mol. The molecule has 2 aliphatic rings. The molecule has 2 heterocycles. The van der Waals surface area contributed by atoms with Gasteiger partial charge in [-0.25, -0.2) is 0 Å². The van der Waals surface area contributed by atoms with E-state index in [0.29, 0.717) is 0 Å². The van der Waals surface area contributed by atoms with Gasteiger partial charge in [0.2, 0.25) is 0 Å². The normalized spacial score (nSPS) is 15.3. The molecule has 3 heteroatoms. The first-order chi connectivity index (χ1) is 13.8. The number of benzene rings is 4. The van der Waals surface area contributed by atoms with Crippen LogP contribution in [0.4, 0.5) is 0 Å². The van der Waals surface area contributed by atoms with Gasteiger partial charge in [0.25, 0.3) is 0 Å². The summed E-state index contributed by atoms with van der Waals surface area (Å²) in [6, 6.07) is 32.8. The molecule has 0 unspecified atom stereocenters. The Balaban J connectivity index is 1.84. The number of rotatable bonds is 1. The SMILES string of the molecule is Clc1ccc(C23c4ccccc4Sc4cccc(c42)Sc2ccccc23)cc1. The maximum absolute atomic E-state index is 6.28. The van der Waals surface area contributed by atoms with Gasteiger partial charge < -0.3 is 0 Å². The Bertz CT molecular complexity index is 1160. The van der Waals surface area contributed by atoms with Crippen molar-refractivity contribution in [3.05, 3.63) is 118 Å². The van der Waals surface area contributed by atoms with E-state index in [2.05, 4.69) is 78.9 Å². The Morgan fingerprint density at radius 2 is 1.04 bits per heavy atom. The van der Waals surface area contributed by atoms with Crippen molar-refractivity contribution in [2.24, 2.45) is 0 Å². The van der Waals surface area contributed by atoms with Crippen LogP contribution < -0.4 is 0 Å². The largest absolute Gasteiger partial charge is 0.0894 e. The molecule has 6 rings (SSSR count). The molecule has 0 N–H and O–H groups in total. The Hall–Kier alpha value is -2.13. The highest BCUT2D eigenvalue weighted by atomic mass is 35.5. The summed E-state index contributed by atoms with van der Waals surface area (Å²) < 4.78 is 0. The number of fused-ring (bicyclic) bond motifs is 4. The Kier molecular flexibility index (Phi) is 3.71. The molecule has 2 aliphatic heterocycles. The van der Waals surface area contributed by atoms with E-state index < -0.39 is 0 Å². The molecule has 0 atom stereocenters. The highest BCUT2D eigenvalue weighted by Crippen LogP contribution is 2.62. The van der Waals surface area contributed by atoms with Gasteiger partial charge in [0.15, 0.2) is 0 Å². The van der Waals surface area contributed by atoms with Crippen LogP contribution in [-0.2, 0) is 5.41 Å². The van der Waals surface area contributed by atoms with Crippen molar-refractivity contribution < 1.29 is 0 Å². The average Bonchev–Trinajstić information content (AvgIpc) is 2.74. The molecular formula is C25H15ClS2. The Morgan fingerprint density at radius 3 is 1.61 bits per heavy atom. The standard InChI is InChI=1S/C25H15ClS2/c26-17-14-12-16(13-15-17)25-18-6-1-3-8-20(18)27-22-10-5-11-23(24(22)25)28-21-9-4-2-7-19(21)25/h1-15H. The van der Waals surface area contributed by atoms with E-state index in [1.54, 1.807) is 0 Å². The Labute approximate surface area is 178 Å². The molecule has 0 spiro atoms. The molecule has 0 saturated carbocycles. The first kappa shape index (κ1) is 16.8. The van der Waals surface area contributed by atoms with Gasteiger partial charge in [-0.2, -0.15) is 0 Å². The fourth-order valence-corrected chi connectivity index (χ4v) is 7.23. The number of hydrogen-bond donors (Lipinski definition) is 0. The third-order valence-electron chi connectivity index (χ3n) is 5.66. The lowest BCUT2D eigenvalue weighted by molar-refractivity contribution is 0.663. The van der Waals surface area contributed by atoms with Gasteiger partial charge in [-0.3, -0.25) is 0 Å².